The Balaban J connectivity index is 1.41. The fraction of sp³-hybridized carbons (Fsp3) is 0.318. The van der Waals surface area contributed by atoms with Gasteiger partial charge in [-0.05, 0) is 30.0 Å². The Kier molecular flexibility index (Phi) is 6.16. The second-order valence-electron chi connectivity index (χ2n) is 7.19. The summed E-state index contributed by atoms with van der Waals surface area (Å²) in [6, 6.07) is 15.6. The molecule has 2 amide bonds. The maximum Gasteiger partial charge on any atom is 0.323 e. The zero-order valence-corrected chi connectivity index (χ0v) is 16.3. The van der Waals surface area contributed by atoms with Crippen LogP contribution in [0.25, 0.3) is 0 Å². The van der Waals surface area contributed by atoms with Crippen molar-refractivity contribution >= 4 is 11.8 Å². The standard InChI is InChI=1S/C22H25N5O2/c28-22(24-21-10-12-27(25-21)16-18-6-2-1-3-7-18)26(17-20-9-5-13-29-20)15-19-8-4-11-23-14-19/h1-4,6-8,10-12,14,20H,5,9,13,15-17H2,(H,24,25,28)/t20-/m0/s1. The van der Waals surface area contributed by atoms with Gasteiger partial charge in [-0.3, -0.25) is 15.0 Å². The van der Waals surface area contributed by atoms with Crippen LogP contribution in [-0.2, 0) is 17.8 Å². The third-order valence-corrected chi connectivity index (χ3v) is 4.89. The second kappa shape index (κ2) is 9.34. The van der Waals surface area contributed by atoms with Crippen LogP contribution < -0.4 is 5.32 Å². The molecule has 1 aliphatic heterocycles. The van der Waals surface area contributed by atoms with Crippen molar-refractivity contribution < 1.29 is 9.53 Å². The summed E-state index contributed by atoms with van der Waals surface area (Å²) in [5.74, 6) is 0.537. The highest BCUT2D eigenvalue weighted by molar-refractivity contribution is 5.88. The molecule has 1 atom stereocenters. The lowest BCUT2D eigenvalue weighted by Gasteiger charge is -2.25. The maximum atomic E-state index is 13.0. The molecule has 0 saturated carbocycles. The molecule has 1 aliphatic rings. The average molecular weight is 391 g/mol. The van der Waals surface area contributed by atoms with Crippen molar-refractivity contribution in [3.8, 4) is 0 Å². The number of pyridine rings is 1. The summed E-state index contributed by atoms with van der Waals surface area (Å²) >= 11 is 0. The Morgan fingerprint density at radius 1 is 1.17 bits per heavy atom. The van der Waals surface area contributed by atoms with Crippen molar-refractivity contribution in [2.24, 2.45) is 0 Å². The summed E-state index contributed by atoms with van der Waals surface area (Å²) < 4.78 is 7.55. The normalized spacial score (nSPS) is 15.9. The average Bonchev–Trinajstić information content (AvgIpc) is 3.41. The number of aromatic nitrogens is 3. The highest BCUT2D eigenvalue weighted by Gasteiger charge is 2.23. The predicted molar refractivity (Wildman–Crippen MR) is 110 cm³/mol. The minimum atomic E-state index is -0.186. The van der Waals surface area contributed by atoms with E-state index in [0.29, 0.717) is 25.5 Å². The van der Waals surface area contributed by atoms with Gasteiger partial charge in [0, 0.05) is 44.4 Å². The molecular formula is C22H25N5O2. The van der Waals surface area contributed by atoms with E-state index in [4.69, 9.17) is 4.74 Å². The zero-order chi connectivity index (χ0) is 19.9. The highest BCUT2D eigenvalue weighted by Crippen LogP contribution is 2.16. The number of urea groups is 1. The van der Waals surface area contributed by atoms with E-state index in [2.05, 4.69) is 27.5 Å². The van der Waals surface area contributed by atoms with E-state index in [-0.39, 0.29) is 12.1 Å². The highest BCUT2D eigenvalue weighted by atomic mass is 16.5. The van der Waals surface area contributed by atoms with Crippen LogP contribution >= 0.6 is 0 Å². The topological polar surface area (TPSA) is 72.3 Å². The van der Waals surface area contributed by atoms with Crippen molar-refractivity contribution in [3.63, 3.8) is 0 Å². The van der Waals surface area contributed by atoms with Gasteiger partial charge in [0.05, 0.1) is 12.6 Å². The molecule has 0 unspecified atom stereocenters. The van der Waals surface area contributed by atoms with Crippen molar-refractivity contribution in [1.82, 2.24) is 19.7 Å². The van der Waals surface area contributed by atoms with Gasteiger partial charge in [0.25, 0.3) is 0 Å². The molecule has 4 rings (SSSR count). The molecule has 29 heavy (non-hydrogen) atoms. The maximum absolute atomic E-state index is 13.0. The number of hydrogen-bond donors (Lipinski definition) is 1. The van der Waals surface area contributed by atoms with Crippen LogP contribution in [0.3, 0.4) is 0 Å². The van der Waals surface area contributed by atoms with E-state index in [9.17, 15) is 4.79 Å². The number of nitrogens with one attached hydrogen (secondary N) is 1. The molecule has 1 saturated heterocycles. The van der Waals surface area contributed by atoms with Gasteiger partial charge in [0.15, 0.2) is 5.82 Å². The Morgan fingerprint density at radius 3 is 2.79 bits per heavy atom. The van der Waals surface area contributed by atoms with Crippen LogP contribution in [0.1, 0.15) is 24.0 Å². The number of anilines is 1. The molecule has 1 N–H and O–H groups in total. The first-order chi connectivity index (χ1) is 14.3. The van der Waals surface area contributed by atoms with Gasteiger partial charge in [-0.25, -0.2) is 4.79 Å². The van der Waals surface area contributed by atoms with Crippen LogP contribution in [0.4, 0.5) is 10.6 Å². The third-order valence-electron chi connectivity index (χ3n) is 4.89. The van der Waals surface area contributed by atoms with Gasteiger partial charge in [-0.1, -0.05) is 36.4 Å². The predicted octanol–water partition coefficient (Wildman–Crippen LogP) is 3.54. The molecule has 1 aromatic carbocycles. The quantitative estimate of drug-likeness (QED) is 0.669. The van der Waals surface area contributed by atoms with Gasteiger partial charge in [-0.15, -0.1) is 0 Å². The smallest absolute Gasteiger partial charge is 0.323 e. The number of nitrogens with zero attached hydrogens (tertiary/aromatic N) is 4. The molecule has 2 aromatic heterocycles. The Hall–Kier alpha value is -3.19. The number of carbonyl (C=O) groups is 1. The number of rotatable bonds is 7. The number of benzene rings is 1. The van der Waals surface area contributed by atoms with Gasteiger partial charge in [-0.2, -0.15) is 5.10 Å². The molecule has 0 spiro atoms. The Morgan fingerprint density at radius 2 is 2.03 bits per heavy atom. The minimum Gasteiger partial charge on any atom is -0.376 e. The van der Waals surface area contributed by atoms with Crippen molar-refractivity contribution in [2.75, 3.05) is 18.5 Å². The summed E-state index contributed by atoms with van der Waals surface area (Å²) in [4.78, 5) is 18.9. The molecular weight excluding hydrogens is 366 g/mol. The van der Waals surface area contributed by atoms with Gasteiger partial charge >= 0.3 is 6.03 Å². The van der Waals surface area contributed by atoms with Crippen LogP contribution in [0.5, 0.6) is 0 Å². The number of amides is 2. The van der Waals surface area contributed by atoms with Gasteiger partial charge < -0.3 is 9.64 Å². The summed E-state index contributed by atoms with van der Waals surface area (Å²) in [5, 5.41) is 7.40. The first kappa shape index (κ1) is 19.1. The molecule has 3 aromatic rings. The van der Waals surface area contributed by atoms with E-state index >= 15 is 0 Å². The number of carbonyl (C=O) groups excluding carboxylic acids is 1. The number of hydrogen-bond acceptors (Lipinski definition) is 4. The first-order valence-corrected chi connectivity index (χ1v) is 9.90. The van der Waals surface area contributed by atoms with Gasteiger partial charge in [0.1, 0.15) is 0 Å². The summed E-state index contributed by atoms with van der Waals surface area (Å²) in [7, 11) is 0. The van der Waals surface area contributed by atoms with E-state index in [1.54, 1.807) is 17.3 Å². The molecule has 150 valence electrons. The van der Waals surface area contributed by atoms with Crippen LogP contribution in [0.2, 0.25) is 0 Å². The van der Waals surface area contributed by atoms with E-state index in [1.165, 1.54) is 0 Å². The lowest BCUT2D eigenvalue weighted by molar-refractivity contribution is 0.0819. The molecule has 1 fully saturated rings. The zero-order valence-electron chi connectivity index (χ0n) is 16.3. The van der Waals surface area contributed by atoms with Crippen molar-refractivity contribution in [1.29, 1.82) is 0 Å². The molecule has 0 aliphatic carbocycles. The molecule has 7 heteroatoms. The SMILES string of the molecule is O=C(Nc1ccn(Cc2ccccc2)n1)N(Cc1cccnc1)C[C@@H]1CCCO1. The lowest BCUT2D eigenvalue weighted by atomic mass is 10.2. The van der Waals surface area contributed by atoms with Crippen LogP contribution in [0, 0.1) is 0 Å². The third kappa shape index (κ3) is 5.42. The van der Waals surface area contributed by atoms with Crippen LogP contribution in [0.15, 0.2) is 67.1 Å². The molecule has 0 radical (unpaired) electrons. The second-order valence-corrected chi connectivity index (χ2v) is 7.19. The van der Waals surface area contributed by atoms with Gasteiger partial charge in [0.2, 0.25) is 0 Å². The van der Waals surface area contributed by atoms with Crippen molar-refractivity contribution in [3.05, 3.63) is 78.2 Å². The van der Waals surface area contributed by atoms with Crippen molar-refractivity contribution in [2.45, 2.75) is 32.0 Å². The largest absolute Gasteiger partial charge is 0.376 e. The Labute approximate surface area is 170 Å². The summed E-state index contributed by atoms with van der Waals surface area (Å²) in [5.41, 5.74) is 2.14. The summed E-state index contributed by atoms with van der Waals surface area (Å²) in [6.07, 6.45) is 7.47. The molecule has 0 bridgehead atoms. The Bertz CT molecular complexity index is 907. The monoisotopic (exact) mass is 391 g/mol. The minimum absolute atomic E-state index is 0.0769. The van der Waals surface area contributed by atoms with E-state index in [1.807, 2.05) is 47.3 Å². The fourth-order valence-electron chi connectivity index (χ4n) is 3.44. The molecule has 7 nitrogen and oxygen atoms in total. The summed E-state index contributed by atoms with van der Waals surface area (Å²) in [6.45, 7) is 2.44. The van der Waals surface area contributed by atoms with E-state index < -0.39 is 0 Å². The van der Waals surface area contributed by atoms with Crippen LogP contribution in [-0.4, -0.2) is 45.0 Å². The number of ether oxygens (including phenoxy) is 1. The van der Waals surface area contributed by atoms with E-state index in [0.717, 1.165) is 30.6 Å². The first-order valence-electron chi connectivity index (χ1n) is 9.90. The molecule has 3 heterocycles. The fourth-order valence-corrected chi connectivity index (χ4v) is 3.44. The lowest BCUT2D eigenvalue weighted by Crippen LogP contribution is -2.39.